The lowest BCUT2D eigenvalue weighted by Crippen LogP contribution is -2.37. The average Bonchev–Trinajstić information content (AvgIpc) is 3.31. The van der Waals surface area contributed by atoms with Crippen LogP contribution in [0.3, 0.4) is 0 Å². The van der Waals surface area contributed by atoms with Gasteiger partial charge in [-0.3, -0.25) is 4.99 Å². The largest absolute Gasteiger partial charge is 0.473 e. The maximum absolute atomic E-state index is 5.80. The van der Waals surface area contributed by atoms with Crippen molar-refractivity contribution in [2.75, 3.05) is 40.0 Å². The molecule has 1 saturated heterocycles. The predicted molar refractivity (Wildman–Crippen MR) is 118 cm³/mol. The first-order valence-electron chi connectivity index (χ1n) is 10.5. The fourth-order valence-electron chi connectivity index (χ4n) is 3.12. The van der Waals surface area contributed by atoms with Crippen LogP contribution >= 0.6 is 0 Å². The van der Waals surface area contributed by atoms with Crippen LogP contribution in [0.4, 0.5) is 0 Å². The summed E-state index contributed by atoms with van der Waals surface area (Å²) in [4.78, 5) is 8.56. The Bertz CT molecular complexity index is 764. The Kier molecular flexibility index (Phi) is 9.43. The third kappa shape index (κ3) is 8.00. The Morgan fingerprint density at radius 3 is 2.90 bits per heavy atom. The molecule has 0 saturated carbocycles. The molecule has 7 nitrogen and oxygen atoms in total. The summed E-state index contributed by atoms with van der Waals surface area (Å²) >= 11 is 0. The van der Waals surface area contributed by atoms with E-state index in [4.69, 9.17) is 14.2 Å². The quantitative estimate of drug-likeness (QED) is 0.336. The molecule has 1 unspecified atom stereocenters. The standard InChI is InChI=1S/C23H32N4O3/c1-24-23(26-10-5-12-28-16-21-9-13-29-17-21)27-15-20-8-11-25-22(14-20)30-18-19-6-3-2-4-7-19/h2-4,6-8,11,14,21H,5,9-10,12-13,15-18H2,1H3,(H2,24,26,27). The number of rotatable bonds is 11. The van der Waals surface area contributed by atoms with Crippen molar-refractivity contribution < 1.29 is 14.2 Å². The van der Waals surface area contributed by atoms with Gasteiger partial charge in [0.2, 0.25) is 5.88 Å². The molecule has 3 rings (SSSR count). The number of aromatic nitrogens is 1. The van der Waals surface area contributed by atoms with Gasteiger partial charge in [0.25, 0.3) is 0 Å². The van der Waals surface area contributed by atoms with Gasteiger partial charge in [0.05, 0.1) is 13.2 Å². The smallest absolute Gasteiger partial charge is 0.213 e. The van der Waals surface area contributed by atoms with E-state index >= 15 is 0 Å². The lowest BCUT2D eigenvalue weighted by atomic mass is 10.1. The lowest BCUT2D eigenvalue weighted by molar-refractivity contribution is 0.0888. The van der Waals surface area contributed by atoms with Crippen LogP contribution in [0.15, 0.2) is 53.7 Å². The van der Waals surface area contributed by atoms with E-state index in [0.29, 0.717) is 24.9 Å². The topological polar surface area (TPSA) is 77.0 Å². The first-order valence-corrected chi connectivity index (χ1v) is 10.5. The van der Waals surface area contributed by atoms with Gasteiger partial charge >= 0.3 is 0 Å². The highest BCUT2D eigenvalue weighted by atomic mass is 16.5. The minimum Gasteiger partial charge on any atom is -0.473 e. The van der Waals surface area contributed by atoms with Crippen LogP contribution in [-0.4, -0.2) is 51.0 Å². The van der Waals surface area contributed by atoms with Crippen LogP contribution in [0.2, 0.25) is 0 Å². The van der Waals surface area contributed by atoms with Gasteiger partial charge < -0.3 is 24.8 Å². The first kappa shape index (κ1) is 22.1. The number of nitrogens with zero attached hydrogens (tertiary/aromatic N) is 2. The summed E-state index contributed by atoms with van der Waals surface area (Å²) in [6.45, 7) is 5.20. The fourth-order valence-corrected chi connectivity index (χ4v) is 3.12. The van der Waals surface area contributed by atoms with E-state index in [0.717, 1.165) is 62.9 Å². The van der Waals surface area contributed by atoms with E-state index in [-0.39, 0.29) is 0 Å². The molecule has 30 heavy (non-hydrogen) atoms. The van der Waals surface area contributed by atoms with Crippen LogP contribution < -0.4 is 15.4 Å². The zero-order chi connectivity index (χ0) is 20.9. The van der Waals surface area contributed by atoms with Crippen LogP contribution in [0, 0.1) is 5.92 Å². The number of pyridine rings is 1. The van der Waals surface area contributed by atoms with Crippen molar-refractivity contribution in [1.29, 1.82) is 0 Å². The number of aliphatic imine (C=N–C) groups is 1. The van der Waals surface area contributed by atoms with E-state index in [1.54, 1.807) is 13.2 Å². The number of hydrogen-bond acceptors (Lipinski definition) is 5. The van der Waals surface area contributed by atoms with Crippen LogP contribution in [0.25, 0.3) is 0 Å². The highest BCUT2D eigenvalue weighted by Crippen LogP contribution is 2.13. The molecule has 0 spiro atoms. The van der Waals surface area contributed by atoms with Gasteiger partial charge in [-0.25, -0.2) is 4.98 Å². The number of ether oxygens (including phenoxy) is 3. The maximum atomic E-state index is 5.80. The van der Waals surface area contributed by atoms with Gasteiger partial charge in [-0.2, -0.15) is 0 Å². The van der Waals surface area contributed by atoms with Gasteiger partial charge in [-0.05, 0) is 30.0 Å². The Morgan fingerprint density at radius 1 is 1.20 bits per heavy atom. The van der Waals surface area contributed by atoms with Gasteiger partial charge in [0.15, 0.2) is 5.96 Å². The van der Waals surface area contributed by atoms with E-state index < -0.39 is 0 Å². The second-order valence-electron chi connectivity index (χ2n) is 7.29. The summed E-state index contributed by atoms with van der Waals surface area (Å²) < 4.78 is 16.9. The number of hydrogen-bond donors (Lipinski definition) is 2. The summed E-state index contributed by atoms with van der Waals surface area (Å²) in [5, 5.41) is 6.64. The molecule has 1 aromatic carbocycles. The molecular formula is C23H32N4O3. The Morgan fingerprint density at radius 2 is 2.10 bits per heavy atom. The molecule has 0 amide bonds. The third-order valence-corrected chi connectivity index (χ3v) is 4.85. The van der Waals surface area contributed by atoms with Crippen LogP contribution in [-0.2, 0) is 22.6 Å². The van der Waals surface area contributed by atoms with Gasteiger partial charge in [0, 0.05) is 51.5 Å². The highest BCUT2D eigenvalue weighted by molar-refractivity contribution is 5.79. The van der Waals surface area contributed by atoms with E-state index in [2.05, 4.69) is 20.6 Å². The molecule has 2 aromatic rings. The lowest BCUT2D eigenvalue weighted by Gasteiger charge is -2.13. The molecule has 7 heteroatoms. The van der Waals surface area contributed by atoms with Gasteiger partial charge in [0.1, 0.15) is 6.61 Å². The summed E-state index contributed by atoms with van der Waals surface area (Å²) in [5.74, 6) is 1.95. The molecule has 0 bridgehead atoms. The second kappa shape index (κ2) is 12.8. The van der Waals surface area contributed by atoms with Crippen molar-refractivity contribution in [3.63, 3.8) is 0 Å². The predicted octanol–water partition coefficient (Wildman–Crippen LogP) is 2.77. The Labute approximate surface area is 178 Å². The molecule has 1 aliphatic heterocycles. The molecule has 0 radical (unpaired) electrons. The number of guanidine groups is 1. The normalized spacial score (nSPS) is 16.4. The Balaban J connectivity index is 1.32. The molecule has 1 aliphatic rings. The van der Waals surface area contributed by atoms with E-state index in [1.165, 1.54) is 0 Å². The monoisotopic (exact) mass is 412 g/mol. The van der Waals surface area contributed by atoms with Crippen molar-refractivity contribution in [2.45, 2.75) is 26.0 Å². The number of benzene rings is 1. The second-order valence-corrected chi connectivity index (χ2v) is 7.29. The van der Waals surface area contributed by atoms with Crippen LogP contribution in [0.5, 0.6) is 5.88 Å². The minimum absolute atomic E-state index is 0.504. The fraction of sp³-hybridized carbons (Fsp3) is 0.478. The number of nitrogens with one attached hydrogen (secondary N) is 2. The minimum atomic E-state index is 0.504. The van der Waals surface area contributed by atoms with Gasteiger partial charge in [-0.1, -0.05) is 30.3 Å². The summed E-state index contributed by atoms with van der Waals surface area (Å²) in [7, 11) is 1.77. The highest BCUT2D eigenvalue weighted by Gasteiger charge is 2.15. The average molecular weight is 413 g/mol. The molecule has 2 N–H and O–H groups in total. The zero-order valence-corrected chi connectivity index (χ0v) is 17.7. The molecule has 2 heterocycles. The molecule has 162 valence electrons. The molecule has 1 fully saturated rings. The zero-order valence-electron chi connectivity index (χ0n) is 17.7. The van der Waals surface area contributed by atoms with Crippen molar-refractivity contribution in [3.8, 4) is 5.88 Å². The van der Waals surface area contributed by atoms with Crippen molar-refractivity contribution in [3.05, 3.63) is 59.8 Å². The molecule has 1 atom stereocenters. The first-order chi connectivity index (χ1) is 14.8. The van der Waals surface area contributed by atoms with Crippen molar-refractivity contribution in [2.24, 2.45) is 10.9 Å². The molecule has 0 aliphatic carbocycles. The van der Waals surface area contributed by atoms with Crippen molar-refractivity contribution >= 4 is 5.96 Å². The van der Waals surface area contributed by atoms with Gasteiger partial charge in [-0.15, -0.1) is 0 Å². The summed E-state index contributed by atoms with van der Waals surface area (Å²) in [6, 6.07) is 14.0. The van der Waals surface area contributed by atoms with E-state index in [9.17, 15) is 0 Å². The van der Waals surface area contributed by atoms with Crippen LogP contribution in [0.1, 0.15) is 24.0 Å². The molecular weight excluding hydrogens is 380 g/mol. The Hall–Kier alpha value is -2.64. The van der Waals surface area contributed by atoms with Crippen molar-refractivity contribution in [1.82, 2.24) is 15.6 Å². The van der Waals surface area contributed by atoms with E-state index in [1.807, 2.05) is 42.5 Å². The SMILES string of the molecule is CN=C(NCCCOCC1CCOC1)NCc1ccnc(OCc2ccccc2)c1. The maximum Gasteiger partial charge on any atom is 0.213 e. The third-order valence-electron chi connectivity index (χ3n) is 4.85. The molecule has 1 aromatic heterocycles. The summed E-state index contributed by atoms with van der Waals surface area (Å²) in [5.41, 5.74) is 2.20. The summed E-state index contributed by atoms with van der Waals surface area (Å²) in [6.07, 6.45) is 3.81.